The number of ether oxygens (including phenoxy) is 2. The fraction of sp³-hybridized carbons (Fsp3) is 0.455. The van der Waals surface area contributed by atoms with Gasteiger partial charge in [0.2, 0.25) is 0 Å². The molecule has 1 aliphatic rings. The van der Waals surface area contributed by atoms with Crippen LogP contribution in [0.2, 0.25) is 0 Å². The molecule has 1 heterocycles. The molecule has 7 nitrogen and oxygen atoms in total. The van der Waals surface area contributed by atoms with E-state index in [1.165, 1.54) is 0 Å². The van der Waals surface area contributed by atoms with Gasteiger partial charge in [0.1, 0.15) is 6.61 Å². The summed E-state index contributed by atoms with van der Waals surface area (Å²) in [5, 5.41) is 19.8. The van der Waals surface area contributed by atoms with Crippen molar-refractivity contribution >= 4 is 0 Å². The van der Waals surface area contributed by atoms with Gasteiger partial charge in [-0.3, -0.25) is 10.1 Å². The summed E-state index contributed by atoms with van der Waals surface area (Å²) in [6, 6.07) is 0. The van der Waals surface area contributed by atoms with Crippen LogP contribution >= 0.6 is 0 Å². The summed E-state index contributed by atoms with van der Waals surface area (Å²) in [5.41, 5.74) is 5.32. The zero-order chi connectivity index (χ0) is 13.7. The van der Waals surface area contributed by atoms with Crippen molar-refractivity contribution < 1.29 is 19.5 Å². The lowest BCUT2D eigenvalue weighted by atomic mass is 10.1. The second-order valence-electron chi connectivity index (χ2n) is 3.60. The zero-order valence-electron chi connectivity index (χ0n) is 10.1. The summed E-state index contributed by atoms with van der Waals surface area (Å²) in [4.78, 5) is 10.1. The summed E-state index contributed by atoms with van der Waals surface area (Å²) in [6.45, 7) is 4.90. The van der Waals surface area contributed by atoms with E-state index in [0.717, 1.165) is 0 Å². The number of hydrogen-bond donors (Lipinski definition) is 2. The maximum atomic E-state index is 10.7. The summed E-state index contributed by atoms with van der Waals surface area (Å²) < 4.78 is 10.8. The summed E-state index contributed by atoms with van der Waals surface area (Å²) in [5.74, 6) is 0.537. The SMILES string of the molecule is C=C(/C(CN)=C1/OC(CO)CO/C1=C/C)[N+](=O)[O-]. The fourth-order valence-electron chi connectivity index (χ4n) is 1.48. The molecule has 0 aromatic heterocycles. The van der Waals surface area contributed by atoms with Crippen LogP contribution in [0, 0.1) is 10.1 Å². The van der Waals surface area contributed by atoms with Crippen LogP contribution in [0.5, 0.6) is 0 Å². The van der Waals surface area contributed by atoms with Crippen LogP contribution < -0.4 is 5.73 Å². The predicted octanol–water partition coefficient (Wildman–Crippen LogP) is 0.301. The average Bonchev–Trinajstić information content (AvgIpc) is 2.39. The van der Waals surface area contributed by atoms with Gasteiger partial charge >= 0.3 is 0 Å². The highest BCUT2D eigenvalue weighted by atomic mass is 16.6. The number of nitrogens with zero attached hydrogens (tertiary/aromatic N) is 1. The lowest BCUT2D eigenvalue weighted by Crippen LogP contribution is -2.31. The molecule has 18 heavy (non-hydrogen) atoms. The Labute approximate surface area is 104 Å². The van der Waals surface area contributed by atoms with Gasteiger partial charge in [-0.15, -0.1) is 0 Å². The van der Waals surface area contributed by atoms with Crippen molar-refractivity contribution in [2.75, 3.05) is 19.8 Å². The van der Waals surface area contributed by atoms with Crippen LogP contribution in [0.25, 0.3) is 0 Å². The minimum atomic E-state index is -0.631. The smallest absolute Gasteiger partial charge is 0.270 e. The topological polar surface area (TPSA) is 108 Å². The number of allylic oxidation sites excluding steroid dienone is 1. The molecule has 7 heteroatoms. The van der Waals surface area contributed by atoms with Crippen LogP contribution in [-0.2, 0) is 9.47 Å². The van der Waals surface area contributed by atoms with Crippen LogP contribution in [0.4, 0.5) is 0 Å². The number of nitrogens with two attached hydrogens (primary N) is 1. The summed E-state index contributed by atoms with van der Waals surface area (Å²) in [7, 11) is 0. The molecule has 0 spiro atoms. The number of nitro groups is 1. The summed E-state index contributed by atoms with van der Waals surface area (Å²) >= 11 is 0. The van der Waals surface area contributed by atoms with E-state index in [4.69, 9.17) is 20.3 Å². The van der Waals surface area contributed by atoms with E-state index in [1.807, 2.05) is 0 Å². The van der Waals surface area contributed by atoms with Crippen molar-refractivity contribution in [3.8, 4) is 0 Å². The van der Waals surface area contributed by atoms with Crippen LogP contribution in [-0.4, -0.2) is 35.9 Å². The van der Waals surface area contributed by atoms with Crippen molar-refractivity contribution in [2.45, 2.75) is 13.0 Å². The lowest BCUT2D eigenvalue weighted by Gasteiger charge is -2.28. The van der Waals surface area contributed by atoms with Crippen molar-refractivity contribution in [3.63, 3.8) is 0 Å². The van der Waals surface area contributed by atoms with E-state index in [0.29, 0.717) is 5.76 Å². The van der Waals surface area contributed by atoms with Crippen molar-refractivity contribution in [2.24, 2.45) is 5.73 Å². The molecule has 1 rings (SSSR count). The second kappa shape index (κ2) is 6.18. The highest BCUT2D eigenvalue weighted by Gasteiger charge is 2.29. The van der Waals surface area contributed by atoms with Gasteiger partial charge in [0.15, 0.2) is 17.6 Å². The minimum Gasteiger partial charge on any atom is -0.486 e. The summed E-state index contributed by atoms with van der Waals surface area (Å²) in [6.07, 6.45) is 1.05. The fourth-order valence-corrected chi connectivity index (χ4v) is 1.48. The number of hydrogen-bond acceptors (Lipinski definition) is 6. The largest absolute Gasteiger partial charge is 0.486 e. The molecule has 1 unspecified atom stereocenters. The van der Waals surface area contributed by atoms with Gasteiger partial charge in [0.05, 0.1) is 17.1 Å². The Balaban J connectivity index is 3.18. The Kier molecular flexibility index (Phi) is 4.87. The monoisotopic (exact) mass is 256 g/mol. The quantitative estimate of drug-likeness (QED) is 0.553. The predicted molar refractivity (Wildman–Crippen MR) is 63.9 cm³/mol. The normalized spacial score (nSPS) is 24.2. The first-order valence-electron chi connectivity index (χ1n) is 5.39. The van der Waals surface area contributed by atoms with Gasteiger partial charge < -0.3 is 20.3 Å². The van der Waals surface area contributed by atoms with Crippen molar-refractivity contribution in [1.82, 2.24) is 0 Å². The third kappa shape index (κ3) is 2.88. The first-order valence-corrected chi connectivity index (χ1v) is 5.39. The van der Waals surface area contributed by atoms with Gasteiger partial charge in [-0.05, 0) is 19.6 Å². The van der Waals surface area contributed by atoms with E-state index in [9.17, 15) is 10.1 Å². The molecule has 1 atom stereocenters. The molecule has 1 saturated heterocycles. The molecule has 0 saturated carbocycles. The maximum absolute atomic E-state index is 10.7. The van der Waals surface area contributed by atoms with E-state index < -0.39 is 11.0 Å². The molecule has 1 aliphatic heterocycles. The molecule has 0 aromatic rings. The molecule has 0 aromatic carbocycles. The molecule has 1 fully saturated rings. The molecule has 3 N–H and O–H groups in total. The van der Waals surface area contributed by atoms with Crippen LogP contribution in [0.3, 0.4) is 0 Å². The third-order valence-corrected chi connectivity index (χ3v) is 2.45. The average molecular weight is 256 g/mol. The van der Waals surface area contributed by atoms with E-state index >= 15 is 0 Å². The molecule has 0 radical (unpaired) electrons. The molecule has 0 aliphatic carbocycles. The highest BCUT2D eigenvalue weighted by Crippen LogP contribution is 2.27. The lowest BCUT2D eigenvalue weighted by molar-refractivity contribution is -0.420. The second-order valence-corrected chi connectivity index (χ2v) is 3.60. The van der Waals surface area contributed by atoms with Gasteiger partial charge in [0.25, 0.3) is 5.70 Å². The van der Waals surface area contributed by atoms with E-state index in [1.54, 1.807) is 13.0 Å². The Hall–Kier alpha value is -1.86. The van der Waals surface area contributed by atoms with E-state index in [-0.39, 0.29) is 36.8 Å². The Morgan fingerprint density at radius 2 is 2.44 bits per heavy atom. The highest BCUT2D eigenvalue weighted by molar-refractivity contribution is 5.37. The van der Waals surface area contributed by atoms with Gasteiger partial charge in [-0.2, -0.15) is 0 Å². The van der Waals surface area contributed by atoms with Gasteiger partial charge in [-0.25, -0.2) is 0 Å². The van der Waals surface area contributed by atoms with Gasteiger partial charge in [0, 0.05) is 6.54 Å². The Morgan fingerprint density at radius 1 is 1.78 bits per heavy atom. The minimum absolute atomic E-state index is 0.103. The maximum Gasteiger partial charge on any atom is 0.270 e. The molecular formula is C11H16N2O5. The van der Waals surface area contributed by atoms with Crippen molar-refractivity contribution in [3.05, 3.63) is 45.6 Å². The third-order valence-electron chi connectivity index (χ3n) is 2.45. The first kappa shape index (κ1) is 14.2. The van der Waals surface area contributed by atoms with Gasteiger partial charge in [-0.1, -0.05) is 0 Å². The molecule has 100 valence electrons. The van der Waals surface area contributed by atoms with Crippen LogP contribution in [0.15, 0.2) is 35.4 Å². The molecule has 0 amide bonds. The van der Waals surface area contributed by atoms with Crippen molar-refractivity contribution in [1.29, 1.82) is 0 Å². The number of aliphatic hydroxyl groups is 1. The zero-order valence-corrected chi connectivity index (χ0v) is 10.1. The number of rotatable bonds is 4. The van der Waals surface area contributed by atoms with Crippen LogP contribution in [0.1, 0.15) is 6.92 Å². The molecular weight excluding hydrogens is 240 g/mol. The Morgan fingerprint density at radius 3 is 2.89 bits per heavy atom. The molecule has 0 bridgehead atoms. The van der Waals surface area contributed by atoms with E-state index in [2.05, 4.69) is 6.58 Å². The standard InChI is InChI=1S/C11H16N2O5/c1-3-10-11(18-8(5-14)6-17-10)9(4-12)7(2)13(15)16/h3,8,14H,2,4-6,12H2,1H3/b10-3+,11-9+. The number of aliphatic hydroxyl groups excluding tert-OH is 1. The Bertz CT molecular complexity index is 414. The first-order chi connectivity index (χ1) is 8.54.